The van der Waals surface area contributed by atoms with Gasteiger partial charge in [0.15, 0.2) is 19.8 Å². The van der Waals surface area contributed by atoms with Gasteiger partial charge in [0.25, 0.3) is 0 Å². The maximum Gasteiger partial charge on any atom is 0.494 e. The molecule has 0 amide bonds. The highest BCUT2D eigenvalue weighted by Gasteiger charge is 2.64. The predicted octanol–water partition coefficient (Wildman–Crippen LogP) is 15.7. The number of nitrogens with zero attached hydrogens (tertiary/aromatic N) is 13. The van der Waals surface area contributed by atoms with Gasteiger partial charge in [-0.1, -0.05) is 66.2 Å². The highest BCUT2D eigenvalue weighted by molar-refractivity contribution is 6.75. The molecule has 0 bridgehead atoms. The molecule has 25 nitrogen and oxygen atoms in total. The number of benzene rings is 4. The molecule has 1 saturated heterocycles. The van der Waals surface area contributed by atoms with Crippen molar-refractivity contribution in [3.63, 3.8) is 0 Å². The van der Waals surface area contributed by atoms with Crippen LogP contribution in [0, 0.1) is 33.1 Å². The van der Waals surface area contributed by atoms with E-state index in [1.807, 2.05) is 25.4 Å². The molecule has 4 aromatic carbocycles. The quantitative estimate of drug-likeness (QED) is 0.0523. The van der Waals surface area contributed by atoms with E-state index in [9.17, 15) is 14.9 Å². The molecular formula is C91H114BCl2N15O10Si. The zero-order valence-corrected chi connectivity index (χ0v) is 74.0. The Kier molecular flexibility index (Phi) is 30.1. The van der Waals surface area contributed by atoms with Crippen LogP contribution in [0.25, 0.3) is 33.8 Å². The van der Waals surface area contributed by atoms with Crippen LogP contribution in [0.3, 0.4) is 0 Å². The fraction of sp³-hybridized carbons (Fsp3) is 0.484. The number of Topliss-reactive ketones (excluding diaryl/α,β-unsaturated/α-hetero) is 2. The van der Waals surface area contributed by atoms with E-state index < -0.39 is 21.1 Å². The number of ether oxygens (including phenoxy) is 4. The zero-order chi connectivity index (χ0) is 85.0. The molecule has 4 saturated carbocycles. The third-order valence-corrected chi connectivity index (χ3v) is 26.9. The number of hydrogen-bond acceptors (Lipinski definition) is 25. The van der Waals surface area contributed by atoms with Crippen LogP contribution >= 0.6 is 24.0 Å². The van der Waals surface area contributed by atoms with Crippen LogP contribution in [0.2, 0.25) is 24.8 Å². The van der Waals surface area contributed by atoms with Gasteiger partial charge in [-0.3, -0.25) is 49.1 Å². The molecule has 1 atom stereocenters. The highest BCUT2D eigenvalue weighted by atomic mass is 35.5. The summed E-state index contributed by atoms with van der Waals surface area (Å²) in [5.41, 5.74) is 22.1. The van der Waals surface area contributed by atoms with Crippen molar-refractivity contribution < 1.29 is 47.9 Å². The molecule has 8 aromatic rings. The maximum absolute atomic E-state index is 13.3. The van der Waals surface area contributed by atoms with Crippen molar-refractivity contribution >= 4 is 73.9 Å². The van der Waals surface area contributed by atoms with E-state index in [0.29, 0.717) is 47.1 Å². The number of halogens is 2. The summed E-state index contributed by atoms with van der Waals surface area (Å²) in [4.78, 5) is 75.0. The number of nitrogens with one attached hydrogen (secondary N) is 1. The number of carbonyl (C=O) groups is 2. The topological polar surface area (TPSA) is 324 Å². The van der Waals surface area contributed by atoms with E-state index >= 15 is 0 Å². The number of methoxy groups -OCH3 is 4. The fourth-order valence-corrected chi connectivity index (χ4v) is 19.2. The van der Waals surface area contributed by atoms with E-state index in [1.54, 1.807) is 107 Å². The van der Waals surface area contributed by atoms with Crippen LogP contribution in [0.1, 0.15) is 185 Å². The summed E-state index contributed by atoms with van der Waals surface area (Å²) < 4.78 is 38.4. The monoisotopic (exact) mass is 1690 g/mol. The molecule has 4 N–H and O–H groups in total. The van der Waals surface area contributed by atoms with Crippen molar-refractivity contribution in [2.24, 2.45) is 42.0 Å². The predicted molar refractivity (Wildman–Crippen MR) is 471 cm³/mol. The number of hydroxylamine groups is 3. The molecule has 1 unspecified atom stereocenters. The number of hydrogen-bond donors (Lipinski definition) is 3. The lowest BCUT2D eigenvalue weighted by Crippen LogP contribution is -2.46. The van der Waals surface area contributed by atoms with Gasteiger partial charge in [0, 0.05) is 153 Å². The first-order valence-electron chi connectivity index (χ1n) is 41.2. The molecule has 8 aliphatic carbocycles. The van der Waals surface area contributed by atoms with Gasteiger partial charge in [-0.25, -0.2) is 25.4 Å². The van der Waals surface area contributed by atoms with Crippen molar-refractivity contribution in [1.29, 1.82) is 5.26 Å². The molecule has 5 spiro atoms. The molecule has 634 valence electrons. The zero-order valence-electron chi connectivity index (χ0n) is 71.4. The Morgan fingerprint density at radius 1 is 0.575 bits per heavy atom. The summed E-state index contributed by atoms with van der Waals surface area (Å²) in [5.74, 6) is 3.59. The summed E-state index contributed by atoms with van der Waals surface area (Å²) in [6.45, 7) is 18.0. The molecule has 18 rings (SSSR count). The molecule has 4 aromatic heterocycles. The van der Waals surface area contributed by atoms with Crippen LogP contribution in [0.4, 0.5) is 0 Å². The van der Waals surface area contributed by atoms with E-state index in [4.69, 9.17) is 60.6 Å². The second-order valence-corrected chi connectivity index (χ2v) is 39.5. The summed E-state index contributed by atoms with van der Waals surface area (Å²) in [6, 6.07) is 25.1. The number of nitrogens with two attached hydrogens (primary N) is 1. The summed E-state index contributed by atoms with van der Waals surface area (Å²) >= 11 is 5.37. The van der Waals surface area contributed by atoms with Gasteiger partial charge in [-0.15, -0.1) is 12.4 Å². The molecule has 6 heterocycles. The first-order chi connectivity index (χ1) is 57.1. The Morgan fingerprint density at radius 3 is 1.34 bits per heavy atom. The molecule has 5 fully saturated rings. The van der Waals surface area contributed by atoms with Crippen LogP contribution in [-0.4, -0.2) is 173 Å². The largest absolute Gasteiger partial charge is 0.494 e. The summed E-state index contributed by atoms with van der Waals surface area (Å²) in [7, 11) is 8.74. The summed E-state index contributed by atoms with van der Waals surface area (Å²) in [6.07, 6.45) is 42.6. The molecular weight excluding hydrogens is 1570 g/mol. The normalized spacial score (nSPS) is 26.2. The Hall–Kier alpha value is -9.08. The third kappa shape index (κ3) is 20.0. The van der Waals surface area contributed by atoms with Gasteiger partial charge in [0.2, 0.25) is 17.9 Å². The van der Waals surface area contributed by atoms with Crippen molar-refractivity contribution in [2.75, 3.05) is 42.5 Å². The lowest BCUT2D eigenvalue weighted by atomic mass is 9.66. The van der Waals surface area contributed by atoms with Gasteiger partial charge in [-0.2, -0.15) is 10.3 Å². The summed E-state index contributed by atoms with van der Waals surface area (Å²) in [5, 5.41) is 18.6. The fourth-order valence-electron chi connectivity index (χ4n) is 18.6. The number of rotatable bonds is 9. The Bertz CT molecular complexity index is 4980. The number of ketones is 2. The minimum Gasteiger partial charge on any atom is -0.399 e. The number of nitriles is 1. The van der Waals surface area contributed by atoms with E-state index in [-0.39, 0.29) is 45.3 Å². The lowest BCUT2D eigenvalue weighted by Gasteiger charge is -2.45. The van der Waals surface area contributed by atoms with Gasteiger partial charge in [0.1, 0.15) is 5.15 Å². The average Bonchev–Trinajstić information content (AvgIpc) is 1.53. The number of guanidine groups is 1. The second kappa shape index (κ2) is 39.4. The van der Waals surface area contributed by atoms with Gasteiger partial charge < -0.3 is 39.2 Å². The Morgan fingerprint density at radius 2 is 0.967 bits per heavy atom. The first kappa shape index (κ1) is 91.7. The van der Waals surface area contributed by atoms with E-state index in [2.05, 4.69) is 170 Å². The Balaban J connectivity index is 0.000000146. The molecule has 120 heavy (non-hydrogen) atoms. The van der Waals surface area contributed by atoms with Crippen molar-refractivity contribution in [3.05, 3.63) is 203 Å². The van der Waals surface area contributed by atoms with Crippen molar-refractivity contribution in [1.82, 2.24) is 50.4 Å². The molecule has 2 aliphatic heterocycles. The standard InChI is InChI=1S/C21H29BO4.C21H25N5O2.C20H20N4O.C19H20N2O2.C5H11NSi.C4H3ClN2.CH5NO.ClH/c1-19(2)20(3,4)26-22(25-19)15-7-6-14-13-21(18(23)17(14)12-15)10-8-16(24-5)9-11-21;1-26-19(22)25-21(28-26)17-11-14(18-13-23-9-10-24-18)3-4-15(17)12-20(21)7-5-16(27-2)6-8-20;1-25-16-4-6-20(7-5-16)11-15-3-2-14(18-12-22-8-9-23-18)10-17(15)19(20)24-13-21;1-23-15-4-6-19(7-5-15)11-14-3-2-13(10-16(14)18(19)22)17-12-20-8-9-21-17;1-5-6-7(2,3)4;5-4-3-6-1-2-7-4;1-2-3;/h6-7,12,16H,8-11,13H2,1-5H3;3-4,9-11,13,16H,5-8,12H2,1-2H3,(H2,22,25);2-3,8-10,12,16H,4-7,11H2,1H3;2-3,8-10,12,15H,4-7,11H2,1H3;1H2,2-4H3;1-3H;2-3H,1H3;1H. The van der Waals surface area contributed by atoms with E-state index in [1.165, 1.54) is 35.5 Å². The van der Waals surface area contributed by atoms with Crippen molar-refractivity contribution in [2.45, 2.75) is 217 Å². The Labute approximate surface area is 718 Å². The number of fused-ring (bicyclic) bond motifs is 6. The van der Waals surface area contributed by atoms with Crippen LogP contribution in [0.15, 0.2) is 168 Å². The third-order valence-electron chi connectivity index (χ3n) is 25.8. The number of aliphatic imine (C=N–C) groups is 2. The SMILES string of the molecule is C=C=N[Si](C)(C)C.CNO.COC1CCC2(CC1)Cc1ccc(-c3cnccn3)cc1C21N=C(N)N(C)O1.COC1CCC2(CC1)Cc1ccc(-c3cnccn3)cc1C2=NC#N.COC1CCC2(CC1)Cc1ccc(-c3cnccn3)cc1C2=O.COC1CCC2(CC1)Cc1ccc(B3OC(C)(C)C(C)(C)O3)cc1C2=O.Cl.Clc1cnccn1. The van der Waals surface area contributed by atoms with Crippen molar-refractivity contribution in [3.8, 4) is 40.0 Å². The number of aromatic nitrogens is 8. The first-order valence-corrected chi connectivity index (χ1v) is 45.0. The number of carbonyl (C=O) groups excluding carboxylic acids is 2. The van der Waals surface area contributed by atoms with Crippen LogP contribution in [-0.2, 0) is 64.5 Å². The lowest BCUT2D eigenvalue weighted by molar-refractivity contribution is -0.232. The van der Waals surface area contributed by atoms with Crippen LogP contribution in [0.5, 0.6) is 0 Å². The smallest absolute Gasteiger partial charge is 0.399 e. The average molecular weight is 1690 g/mol. The minimum absolute atomic E-state index is 0. The molecule has 0 radical (unpaired) electrons. The highest BCUT2D eigenvalue weighted by Crippen LogP contribution is 2.63. The van der Waals surface area contributed by atoms with Gasteiger partial charge >= 0.3 is 7.12 Å². The van der Waals surface area contributed by atoms with Gasteiger partial charge in [-0.05, 0) is 234 Å². The minimum atomic E-state index is -1.21. The van der Waals surface area contributed by atoms with Crippen LogP contribution < -0.4 is 16.7 Å². The maximum atomic E-state index is 13.3. The second-order valence-electron chi connectivity index (χ2n) is 34.6. The van der Waals surface area contributed by atoms with E-state index in [0.717, 1.165) is 196 Å². The molecule has 10 aliphatic rings. The van der Waals surface area contributed by atoms with Gasteiger partial charge in [0.05, 0.1) is 83.2 Å². The molecule has 29 heteroatoms.